The van der Waals surface area contributed by atoms with Gasteiger partial charge in [0.2, 0.25) is 5.91 Å². The Bertz CT molecular complexity index is 805. The van der Waals surface area contributed by atoms with Crippen LogP contribution < -0.4 is 10.1 Å². The van der Waals surface area contributed by atoms with Gasteiger partial charge in [-0.15, -0.1) is 5.10 Å². The summed E-state index contributed by atoms with van der Waals surface area (Å²) in [5, 5.41) is 10.9. The minimum atomic E-state index is -0.463. The molecule has 0 aliphatic heterocycles. The van der Waals surface area contributed by atoms with E-state index in [0.29, 0.717) is 18.8 Å². The molecule has 1 aromatic carbocycles. The molecule has 25 heavy (non-hydrogen) atoms. The van der Waals surface area contributed by atoms with E-state index in [0.717, 1.165) is 11.3 Å². The molecule has 1 amide bonds. The fourth-order valence-corrected chi connectivity index (χ4v) is 2.20. The van der Waals surface area contributed by atoms with Crippen LogP contribution in [-0.2, 0) is 17.9 Å². The highest BCUT2D eigenvalue weighted by atomic mass is 16.5. The molecule has 1 N–H and O–H groups in total. The Morgan fingerprint density at radius 2 is 2.08 bits per heavy atom. The van der Waals surface area contributed by atoms with E-state index in [4.69, 9.17) is 4.74 Å². The molecular weight excluding hydrogens is 318 g/mol. The Labute approximate surface area is 145 Å². The first-order valence-electron chi connectivity index (χ1n) is 7.97. The maximum absolute atomic E-state index is 12.3. The highest BCUT2D eigenvalue weighted by Crippen LogP contribution is 2.11. The molecule has 0 unspecified atom stereocenters. The van der Waals surface area contributed by atoms with Crippen LogP contribution in [0.25, 0.3) is 0 Å². The van der Waals surface area contributed by atoms with E-state index >= 15 is 0 Å². The van der Waals surface area contributed by atoms with Gasteiger partial charge in [0.05, 0.1) is 6.20 Å². The summed E-state index contributed by atoms with van der Waals surface area (Å²) < 4.78 is 7.16. The molecule has 0 fully saturated rings. The Morgan fingerprint density at radius 1 is 1.24 bits per heavy atom. The summed E-state index contributed by atoms with van der Waals surface area (Å²) in [7, 11) is 0. The zero-order valence-corrected chi connectivity index (χ0v) is 13.9. The number of benzene rings is 1. The number of hydrogen-bond donors (Lipinski definition) is 1. The topological polar surface area (TPSA) is 81.9 Å². The van der Waals surface area contributed by atoms with Crippen LogP contribution in [0.4, 0.5) is 0 Å². The third-order valence-electron chi connectivity index (χ3n) is 3.65. The lowest BCUT2D eigenvalue weighted by atomic mass is 10.2. The zero-order valence-electron chi connectivity index (χ0n) is 13.9. The minimum Gasteiger partial charge on any atom is -0.487 e. The van der Waals surface area contributed by atoms with E-state index in [1.165, 1.54) is 4.68 Å². The van der Waals surface area contributed by atoms with E-state index in [2.05, 4.69) is 20.6 Å². The van der Waals surface area contributed by atoms with Crippen LogP contribution in [0.15, 0.2) is 61.1 Å². The molecule has 2 aromatic heterocycles. The number of ether oxygens (including phenoxy) is 1. The molecule has 0 spiro atoms. The number of nitrogens with one attached hydrogen (secondary N) is 1. The molecule has 7 heteroatoms. The number of amides is 1. The third-order valence-corrected chi connectivity index (χ3v) is 3.65. The van der Waals surface area contributed by atoms with Crippen molar-refractivity contribution in [3.8, 4) is 5.75 Å². The predicted octanol–water partition coefficient (Wildman–Crippen LogP) is 2.13. The number of pyridine rings is 1. The van der Waals surface area contributed by atoms with Crippen molar-refractivity contribution < 1.29 is 9.53 Å². The molecule has 0 bridgehead atoms. The van der Waals surface area contributed by atoms with Crippen molar-refractivity contribution in [3.05, 3.63) is 72.3 Å². The van der Waals surface area contributed by atoms with Crippen molar-refractivity contribution in [1.82, 2.24) is 25.3 Å². The molecule has 0 radical (unpaired) electrons. The lowest BCUT2D eigenvalue weighted by Crippen LogP contribution is -2.30. The van der Waals surface area contributed by atoms with Gasteiger partial charge in [-0.05, 0) is 30.7 Å². The Hall–Kier alpha value is -3.22. The van der Waals surface area contributed by atoms with Crippen LogP contribution in [0.3, 0.4) is 0 Å². The average molecular weight is 337 g/mol. The monoisotopic (exact) mass is 337 g/mol. The van der Waals surface area contributed by atoms with Crippen LogP contribution in [0.5, 0.6) is 5.75 Å². The van der Waals surface area contributed by atoms with Crippen LogP contribution in [-0.4, -0.2) is 25.9 Å². The summed E-state index contributed by atoms with van der Waals surface area (Å²) in [6.45, 7) is 2.50. The maximum Gasteiger partial charge on any atom is 0.244 e. The number of aromatic nitrogens is 4. The van der Waals surface area contributed by atoms with Crippen LogP contribution in [0.2, 0.25) is 0 Å². The standard InChI is InChI=1S/C18H19N5O2/c1-14(18(24)20-11-15-6-5-9-19-10-15)23-12-16(21-22-23)13-25-17-7-3-2-4-8-17/h2-10,12,14H,11,13H2,1H3,(H,20,24)/t14-/m1/s1. The summed E-state index contributed by atoms with van der Waals surface area (Å²) in [6, 6.07) is 12.8. The first-order valence-corrected chi connectivity index (χ1v) is 7.97. The summed E-state index contributed by atoms with van der Waals surface area (Å²) >= 11 is 0. The predicted molar refractivity (Wildman–Crippen MR) is 91.6 cm³/mol. The van der Waals surface area contributed by atoms with Gasteiger partial charge >= 0.3 is 0 Å². The molecular formula is C18H19N5O2. The molecule has 0 saturated heterocycles. The van der Waals surface area contributed by atoms with E-state index in [1.54, 1.807) is 25.5 Å². The quantitative estimate of drug-likeness (QED) is 0.714. The van der Waals surface area contributed by atoms with Crippen molar-refractivity contribution in [2.24, 2.45) is 0 Å². The average Bonchev–Trinajstić information content (AvgIpc) is 3.14. The molecule has 3 aromatic rings. The fourth-order valence-electron chi connectivity index (χ4n) is 2.20. The molecule has 0 aliphatic carbocycles. The van der Waals surface area contributed by atoms with Crippen molar-refractivity contribution in [3.63, 3.8) is 0 Å². The summed E-state index contributed by atoms with van der Waals surface area (Å²) in [6.07, 6.45) is 5.14. The largest absolute Gasteiger partial charge is 0.487 e. The van der Waals surface area contributed by atoms with E-state index in [1.807, 2.05) is 42.5 Å². The second-order valence-electron chi connectivity index (χ2n) is 5.55. The number of carbonyl (C=O) groups is 1. The number of hydrogen-bond acceptors (Lipinski definition) is 5. The van der Waals surface area contributed by atoms with Gasteiger partial charge in [0.25, 0.3) is 0 Å². The van der Waals surface area contributed by atoms with Gasteiger partial charge in [-0.3, -0.25) is 9.78 Å². The minimum absolute atomic E-state index is 0.135. The summed E-state index contributed by atoms with van der Waals surface area (Å²) in [5.41, 5.74) is 1.61. The van der Waals surface area contributed by atoms with E-state index in [-0.39, 0.29) is 5.91 Å². The second kappa shape index (κ2) is 8.05. The highest BCUT2D eigenvalue weighted by Gasteiger charge is 2.16. The zero-order chi connectivity index (χ0) is 17.5. The first kappa shape index (κ1) is 16.6. The molecule has 0 saturated carbocycles. The molecule has 0 aliphatic rings. The molecule has 3 rings (SSSR count). The smallest absolute Gasteiger partial charge is 0.244 e. The number of carbonyl (C=O) groups excluding carboxylic acids is 1. The van der Waals surface area contributed by atoms with Crippen LogP contribution >= 0.6 is 0 Å². The molecule has 1 atom stereocenters. The van der Waals surface area contributed by atoms with Gasteiger partial charge in [-0.25, -0.2) is 4.68 Å². The third kappa shape index (κ3) is 4.63. The second-order valence-corrected chi connectivity index (χ2v) is 5.55. The van der Waals surface area contributed by atoms with Gasteiger partial charge in [0.1, 0.15) is 24.1 Å². The maximum atomic E-state index is 12.3. The summed E-state index contributed by atoms with van der Waals surface area (Å²) in [5.74, 6) is 0.628. The lowest BCUT2D eigenvalue weighted by Gasteiger charge is -2.11. The van der Waals surface area contributed by atoms with E-state index < -0.39 is 6.04 Å². The van der Waals surface area contributed by atoms with Gasteiger partial charge in [0, 0.05) is 18.9 Å². The SMILES string of the molecule is C[C@H](C(=O)NCc1cccnc1)n1cc(COc2ccccc2)nn1. The lowest BCUT2D eigenvalue weighted by molar-refractivity contribution is -0.124. The fraction of sp³-hybridized carbons (Fsp3) is 0.222. The van der Waals surface area contributed by atoms with Crippen molar-refractivity contribution >= 4 is 5.91 Å². The van der Waals surface area contributed by atoms with Gasteiger partial charge in [-0.2, -0.15) is 0 Å². The normalized spacial score (nSPS) is 11.7. The molecule has 2 heterocycles. The van der Waals surface area contributed by atoms with Crippen molar-refractivity contribution in [1.29, 1.82) is 0 Å². The Balaban J connectivity index is 1.52. The number of nitrogens with zero attached hydrogens (tertiary/aromatic N) is 4. The van der Waals surface area contributed by atoms with E-state index in [9.17, 15) is 4.79 Å². The first-order chi connectivity index (χ1) is 12.2. The van der Waals surface area contributed by atoms with Crippen molar-refractivity contribution in [2.75, 3.05) is 0 Å². The molecule has 128 valence electrons. The Kier molecular flexibility index (Phi) is 5.36. The molecule has 7 nitrogen and oxygen atoms in total. The van der Waals surface area contributed by atoms with Gasteiger partial charge in [-0.1, -0.05) is 29.5 Å². The van der Waals surface area contributed by atoms with Gasteiger partial charge in [0.15, 0.2) is 0 Å². The number of rotatable bonds is 7. The Morgan fingerprint density at radius 3 is 2.84 bits per heavy atom. The number of para-hydroxylation sites is 1. The van der Waals surface area contributed by atoms with Crippen LogP contribution in [0, 0.1) is 0 Å². The van der Waals surface area contributed by atoms with Gasteiger partial charge < -0.3 is 10.1 Å². The highest BCUT2D eigenvalue weighted by molar-refractivity contribution is 5.79. The summed E-state index contributed by atoms with van der Waals surface area (Å²) in [4.78, 5) is 16.3. The van der Waals surface area contributed by atoms with Crippen LogP contribution in [0.1, 0.15) is 24.2 Å². The van der Waals surface area contributed by atoms with Crippen molar-refractivity contribution in [2.45, 2.75) is 26.1 Å².